The van der Waals surface area contributed by atoms with Crippen LogP contribution in [0.3, 0.4) is 0 Å². The molecule has 1 aromatic heterocycles. The summed E-state index contributed by atoms with van der Waals surface area (Å²) in [5.41, 5.74) is 2.31. The van der Waals surface area contributed by atoms with Crippen LogP contribution in [0.25, 0.3) is 11.3 Å². The summed E-state index contributed by atoms with van der Waals surface area (Å²) in [6.07, 6.45) is 0.934. The number of hydrogen-bond donors (Lipinski definition) is 1. The molecule has 3 aromatic rings. The molecule has 0 aliphatic rings. The van der Waals surface area contributed by atoms with E-state index in [1.165, 1.54) is 5.56 Å². The van der Waals surface area contributed by atoms with Gasteiger partial charge in [0.15, 0.2) is 0 Å². The molecule has 2 aromatic carbocycles. The van der Waals surface area contributed by atoms with E-state index in [0.717, 1.165) is 24.1 Å². The summed E-state index contributed by atoms with van der Waals surface area (Å²) in [5.74, 6) is -2.35. The van der Waals surface area contributed by atoms with Crippen molar-refractivity contribution >= 4 is 11.8 Å². The highest BCUT2D eigenvalue weighted by molar-refractivity contribution is 6.03. The number of carbonyl (C=O) groups excluding carboxylic acids is 1. The number of nitrogens with one attached hydrogen (secondary N) is 1. The Bertz CT molecular complexity index is 873. The number of halogens is 2. The molecule has 0 fully saturated rings. The molecule has 0 saturated heterocycles. The summed E-state index contributed by atoms with van der Waals surface area (Å²) in [7, 11) is 0. The zero-order valence-corrected chi connectivity index (χ0v) is 12.8. The smallest absolute Gasteiger partial charge is 0.261 e. The van der Waals surface area contributed by atoms with Crippen LogP contribution in [0.2, 0.25) is 0 Å². The van der Waals surface area contributed by atoms with Gasteiger partial charge in [0.05, 0.1) is 5.56 Å². The number of amides is 1. The number of nitrogens with zero attached hydrogens (tertiary/aromatic N) is 1. The average molecular weight is 328 g/mol. The lowest BCUT2D eigenvalue weighted by molar-refractivity contribution is 0.102. The van der Waals surface area contributed by atoms with Crippen molar-refractivity contribution in [2.75, 3.05) is 5.32 Å². The Morgan fingerprint density at radius 2 is 1.88 bits per heavy atom. The van der Waals surface area contributed by atoms with Crippen LogP contribution in [0.5, 0.6) is 0 Å². The number of aryl methyl sites for hydroxylation is 1. The predicted molar refractivity (Wildman–Crippen MR) is 85.6 cm³/mol. The highest BCUT2D eigenvalue weighted by Crippen LogP contribution is 2.23. The van der Waals surface area contributed by atoms with Gasteiger partial charge in [0, 0.05) is 17.7 Å². The molecular formula is C18H14F2N2O2. The maximum Gasteiger partial charge on any atom is 0.261 e. The molecule has 0 unspecified atom stereocenters. The largest absolute Gasteiger partial charge is 0.338 e. The van der Waals surface area contributed by atoms with Crippen molar-refractivity contribution in [2.45, 2.75) is 13.3 Å². The van der Waals surface area contributed by atoms with Crippen molar-refractivity contribution < 1.29 is 18.1 Å². The van der Waals surface area contributed by atoms with E-state index in [0.29, 0.717) is 11.8 Å². The van der Waals surface area contributed by atoms with Crippen molar-refractivity contribution in [3.05, 3.63) is 71.3 Å². The van der Waals surface area contributed by atoms with Crippen molar-refractivity contribution in [3.8, 4) is 11.3 Å². The van der Waals surface area contributed by atoms with Crippen LogP contribution < -0.4 is 5.32 Å². The molecule has 0 spiro atoms. The summed E-state index contributed by atoms with van der Waals surface area (Å²) < 4.78 is 31.5. The van der Waals surface area contributed by atoms with E-state index < -0.39 is 17.5 Å². The molecule has 0 bridgehead atoms. The van der Waals surface area contributed by atoms with Crippen LogP contribution in [-0.4, -0.2) is 11.1 Å². The highest BCUT2D eigenvalue weighted by atomic mass is 19.1. The van der Waals surface area contributed by atoms with Gasteiger partial charge in [-0.3, -0.25) is 10.1 Å². The minimum Gasteiger partial charge on any atom is -0.338 e. The third-order valence-electron chi connectivity index (χ3n) is 3.58. The summed E-state index contributed by atoms with van der Waals surface area (Å²) >= 11 is 0. The number of aromatic nitrogens is 1. The van der Waals surface area contributed by atoms with E-state index in [1.807, 2.05) is 24.3 Å². The second-order valence-corrected chi connectivity index (χ2v) is 5.21. The molecule has 1 N–H and O–H groups in total. The minimum absolute atomic E-state index is 0.0818. The first-order valence-electron chi connectivity index (χ1n) is 7.39. The number of carbonyl (C=O) groups is 1. The molecule has 1 heterocycles. The first-order chi connectivity index (χ1) is 11.6. The van der Waals surface area contributed by atoms with Crippen LogP contribution >= 0.6 is 0 Å². The van der Waals surface area contributed by atoms with Gasteiger partial charge in [-0.05, 0) is 24.1 Å². The van der Waals surface area contributed by atoms with E-state index >= 15 is 0 Å². The van der Waals surface area contributed by atoms with Gasteiger partial charge in [0.1, 0.15) is 17.3 Å². The van der Waals surface area contributed by atoms with Gasteiger partial charge in [-0.25, -0.2) is 8.78 Å². The van der Waals surface area contributed by atoms with Gasteiger partial charge in [-0.15, -0.1) is 0 Å². The molecule has 24 heavy (non-hydrogen) atoms. The molecule has 6 heteroatoms. The van der Waals surface area contributed by atoms with E-state index in [4.69, 9.17) is 4.52 Å². The fourth-order valence-corrected chi connectivity index (χ4v) is 2.23. The zero-order chi connectivity index (χ0) is 17.1. The summed E-state index contributed by atoms with van der Waals surface area (Å²) in [4.78, 5) is 12.0. The van der Waals surface area contributed by atoms with Gasteiger partial charge >= 0.3 is 0 Å². The molecule has 0 aliphatic heterocycles. The lowest BCUT2D eigenvalue weighted by atomic mass is 10.1. The molecule has 1 amide bonds. The van der Waals surface area contributed by atoms with E-state index in [9.17, 15) is 13.6 Å². The van der Waals surface area contributed by atoms with Gasteiger partial charge in [0.25, 0.3) is 5.91 Å². The monoisotopic (exact) mass is 328 g/mol. The molecule has 4 nitrogen and oxygen atoms in total. The molecule has 0 atom stereocenters. The minimum atomic E-state index is -0.942. The Balaban J connectivity index is 1.76. The first-order valence-corrected chi connectivity index (χ1v) is 7.39. The second kappa shape index (κ2) is 6.62. The topological polar surface area (TPSA) is 55.1 Å². The lowest BCUT2D eigenvalue weighted by Crippen LogP contribution is -2.13. The molecular weight excluding hydrogens is 314 g/mol. The second-order valence-electron chi connectivity index (χ2n) is 5.21. The normalized spacial score (nSPS) is 10.6. The Hall–Kier alpha value is -3.02. The van der Waals surface area contributed by atoms with Gasteiger partial charge in [0.2, 0.25) is 5.88 Å². The van der Waals surface area contributed by atoms with Crippen LogP contribution in [-0.2, 0) is 6.42 Å². The van der Waals surface area contributed by atoms with Crippen molar-refractivity contribution in [2.24, 2.45) is 0 Å². The molecule has 0 saturated carbocycles. The third-order valence-corrected chi connectivity index (χ3v) is 3.58. The van der Waals surface area contributed by atoms with Gasteiger partial charge < -0.3 is 4.52 Å². The number of anilines is 1. The van der Waals surface area contributed by atoms with Crippen molar-refractivity contribution in [1.29, 1.82) is 0 Å². The van der Waals surface area contributed by atoms with Crippen LogP contribution in [0.4, 0.5) is 14.7 Å². The van der Waals surface area contributed by atoms with E-state index in [-0.39, 0.29) is 11.4 Å². The predicted octanol–water partition coefficient (Wildman–Crippen LogP) is 4.43. The summed E-state index contributed by atoms with van der Waals surface area (Å²) in [5, 5.41) is 6.28. The Morgan fingerprint density at radius 1 is 1.12 bits per heavy atom. The van der Waals surface area contributed by atoms with Crippen molar-refractivity contribution in [1.82, 2.24) is 5.16 Å². The molecule has 3 rings (SSSR count). The Morgan fingerprint density at radius 3 is 2.54 bits per heavy atom. The Labute approximate surface area is 137 Å². The molecule has 122 valence electrons. The number of rotatable bonds is 4. The zero-order valence-electron chi connectivity index (χ0n) is 12.8. The lowest BCUT2D eigenvalue weighted by Gasteiger charge is -2.02. The molecule has 0 aliphatic carbocycles. The Kier molecular flexibility index (Phi) is 4.37. The maximum atomic E-state index is 13.6. The van der Waals surface area contributed by atoms with E-state index in [1.54, 1.807) is 6.07 Å². The standard InChI is InChI=1S/C18H14F2N2O2/c1-2-11-3-5-12(6-4-11)16-10-17(24-22-16)21-18(23)14-8-7-13(19)9-15(14)20/h3-10H,2H2,1H3,(H,21,23). The fourth-order valence-electron chi connectivity index (χ4n) is 2.23. The van der Waals surface area contributed by atoms with E-state index in [2.05, 4.69) is 17.4 Å². The summed E-state index contributed by atoms with van der Waals surface area (Å²) in [6, 6.07) is 12.0. The first kappa shape index (κ1) is 15.9. The highest BCUT2D eigenvalue weighted by Gasteiger charge is 2.15. The summed E-state index contributed by atoms with van der Waals surface area (Å²) in [6.45, 7) is 2.06. The SMILES string of the molecule is CCc1ccc(-c2cc(NC(=O)c3ccc(F)cc3F)on2)cc1. The van der Waals surface area contributed by atoms with Gasteiger partial charge in [-0.1, -0.05) is 36.3 Å². The van der Waals surface area contributed by atoms with Gasteiger partial charge in [-0.2, -0.15) is 0 Å². The van der Waals surface area contributed by atoms with Crippen LogP contribution in [0, 0.1) is 11.6 Å². The van der Waals surface area contributed by atoms with Crippen molar-refractivity contribution in [3.63, 3.8) is 0 Å². The third kappa shape index (κ3) is 3.32. The number of benzene rings is 2. The van der Waals surface area contributed by atoms with Crippen LogP contribution in [0.1, 0.15) is 22.8 Å². The fraction of sp³-hybridized carbons (Fsp3) is 0.111. The van der Waals surface area contributed by atoms with Crippen LogP contribution in [0.15, 0.2) is 53.1 Å². The number of hydrogen-bond acceptors (Lipinski definition) is 3. The quantitative estimate of drug-likeness (QED) is 0.770. The average Bonchev–Trinajstić information content (AvgIpc) is 3.03. The molecule has 0 radical (unpaired) electrons. The maximum absolute atomic E-state index is 13.6.